The summed E-state index contributed by atoms with van der Waals surface area (Å²) < 4.78 is 7.31. The maximum absolute atomic E-state index is 5.61. The zero-order chi connectivity index (χ0) is 14.5. The van der Waals surface area contributed by atoms with Crippen molar-refractivity contribution in [3.05, 3.63) is 56.9 Å². The zero-order valence-corrected chi connectivity index (χ0v) is 14.9. The third kappa shape index (κ3) is 4.47. The van der Waals surface area contributed by atoms with Crippen molar-refractivity contribution in [2.24, 2.45) is 5.92 Å². The highest BCUT2D eigenvalue weighted by atomic mass is 79.9. The highest BCUT2D eigenvalue weighted by molar-refractivity contribution is 9.13. The maximum Gasteiger partial charge on any atom is 0.183 e. The Balaban J connectivity index is 2.04. The number of nitrogens with one attached hydrogen (secondary N) is 1. The second-order valence-electron chi connectivity index (χ2n) is 5.31. The van der Waals surface area contributed by atoms with Crippen LogP contribution < -0.4 is 5.32 Å². The monoisotopic (exact) mass is 399 g/mol. The predicted molar refractivity (Wildman–Crippen MR) is 89.6 cm³/mol. The number of benzene rings is 1. The van der Waals surface area contributed by atoms with E-state index in [0.29, 0.717) is 12.0 Å². The van der Waals surface area contributed by atoms with Gasteiger partial charge in [-0.15, -0.1) is 0 Å². The Morgan fingerprint density at radius 3 is 2.40 bits per heavy atom. The summed E-state index contributed by atoms with van der Waals surface area (Å²) in [7, 11) is 0. The molecule has 2 nitrogen and oxygen atoms in total. The quantitative estimate of drug-likeness (QED) is 0.674. The number of furan rings is 1. The lowest BCUT2D eigenvalue weighted by atomic mass is 9.97. The lowest BCUT2D eigenvalue weighted by Crippen LogP contribution is -2.22. The maximum atomic E-state index is 5.61. The minimum Gasteiger partial charge on any atom is -0.452 e. The van der Waals surface area contributed by atoms with Gasteiger partial charge in [0.1, 0.15) is 5.76 Å². The summed E-state index contributed by atoms with van der Waals surface area (Å²) in [5.41, 5.74) is 1.32. The third-order valence-corrected chi connectivity index (χ3v) is 4.84. The molecule has 1 N–H and O–H groups in total. The van der Waals surface area contributed by atoms with Gasteiger partial charge in [0.15, 0.2) is 4.67 Å². The Hall–Kier alpha value is -0.580. The van der Waals surface area contributed by atoms with Crippen LogP contribution in [0.1, 0.15) is 37.6 Å². The average molecular weight is 401 g/mol. The third-order valence-electron chi connectivity index (χ3n) is 3.13. The molecule has 0 saturated heterocycles. The molecular formula is C16H19Br2NO. The second-order valence-corrected chi connectivity index (χ2v) is 6.88. The molecule has 2 rings (SSSR count). The van der Waals surface area contributed by atoms with Gasteiger partial charge in [-0.3, -0.25) is 0 Å². The van der Waals surface area contributed by atoms with Crippen LogP contribution in [0, 0.1) is 5.92 Å². The molecule has 0 amide bonds. The summed E-state index contributed by atoms with van der Waals surface area (Å²) in [6.07, 6.45) is 1.10. The summed E-state index contributed by atoms with van der Waals surface area (Å²) in [5, 5.41) is 3.59. The van der Waals surface area contributed by atoms with Crippen LogP contribution in [0.4, 0.5) is 0 Å². The Bertz CT molecular complexity index is 517. The van der Waals surface area contributed by atoms with Crippen molar-refractivity contribution in [2.75, 3.05) is 0 Å². The minimum atomic E-state index is 0.346. The molecule has 0 fully saturated rings. The fourth-order valence-corrected chi connectivity index (χ4v) is 2.85. The van der Waals surface area contributed by atoms with Gasteiger partial charge in [0.05, 0.1) is 11.0 Å². The standard InChI is InChI=1S/C16H19Br2NO/c1-11(2)8-15(12-6-4-3-5-7-12)19-10-13-9-14(17)16(18)20-13/h3-7,9,11,15,19H,8,10H2,1-2H3. The van der Waals surface area contributed by atoms with E-state index in [2.05, 4.69) is 81.4 Å². The molecule has 0 saturated carbocycles. The molecule has 0 aliphatic heterocycles. The zero-order valence-electron chi connectivity index (χ0n) is 11.7. The fourth-order valence-electron chi connectivity index (χ4n) is 2.20. The Labute approximate surface area is 137 Å². The van der Waals surface area contributed by atoms with Gasteiger partial charge in [-0.2, -0.15) is 0 Å². The first kappa shape index (κ1) is 15.8. The second kappa shape index (κ2) is 7.43. The van der Waals surface area contributed by atoms with E-state index in [1.54, 1.807) is 0 Å². The minimum absolute atomic E-state index is 0.346. The molecular weight excluding hydrogens is 382 g/mol. The van der Waals surface area contributed by atoms with E-state index in [4.69, 9.17) is 4.42 Å². The van der Waals surface area contributed by atoms with Crippen molar-refractivity contribution in [2.45, 2.75) is 32.9 Å². The van der Waals surface area contributed by atoms with Crippen LogP contribution in [0.15, 0.2) is 50.0 Å². The molecule has 1 heterocycles. The normalized spacial score (nSPS) is 12.8. The largest absolute Gasteiger partial charge is 0.452 e. The summed E-state index contributed by atoms with van der Waals surface area (Å²) in [4.78, 5) is 0. The Morgan fingerprint density at radius 1 is 1.15 bits per heavy atom. The molecule has 0 bridgehead atoms. The summed E-state index contributed by atoms with van der Waals surface area (Å²) in [6, 6.07) is 12.9. The number of halogens is 2. The van der Waals surface area contributed by atoms with Crippen LogP contribution in [0.25, 0.3) is 0 Å². The van der Waals surface area contributed by atoms with Gasteiger partial charge in [0.2, 0.25) is 0 Å². The Morgan fingerprint density at radius 2 is 1.85 bits per heavy atom. The molecule has 0 radical (unpaired) electrons. The van der Waals surface area contributed by atoms with E-state index >= 15 is 0 Å². The van der Waals surface area contributed by atoms with Crippen LogP contribution in [0.5, 0.6) is 0 Å². The molecule has 20 heavy (non-hydrogen) atoms. The molecule has 1 aromatic heterocycles. The van der Waals surface area contributed by atoms with Gasteiger partial charge >= 0.3 is 0 Å². The van der Waals surface area contributed by atoms with Crippen molar-refractivity contribution in [1.82, 2.24) is 5.32 Å². The number of rotatable bonds is 6. The average Bonchev–Trinajstić information content (AvgIpc) is 2.74. The van der Waals surface area contributed by atoms with Gasteiger partial charge < -0.3 is 9.73 Å². The van der Waals surface area contributed by atoms with E-state index in [1.807, 2.05) is 6.07 Å². The van der Waals surface area contributed by atoms with Crippen molar-refractivity contribution in [3.8, 4) is 0 Å². The molecule has 0 aliphatic rings. The molecule has 108 valence electrons. The van der Waals surface area contributed by atoms with E-state index in [1.165, 1.54) is 5.56 Å². The molecule has 2 aromatic rings. The van der Waals surface area contributed by atoms with Crippen molar-refractivity contribution in [3.63, 3.8) is 0 Å². The molecule has 1 unspecified atom stereocenters. The summed E-state index contributed by atoms with van der Waals surface area (Å²) in [5.74, 6) is 1.57. The highest BCUT2D eigenvalue weighted by Crippen LogP contribution is 2.27. The SMILES string of the molecule is CC(C)CC(NCc1cc(Br)c(Br)o1)c1ccccc1. The van der Waals surface area contributed by atoms with Crippen LogP contribution in [0.2, 0.25) is 0 Å². The van der Waals surface area contributed by atoms with Crippen LogP contribution in [0.3, 0.4) is 0 Å². The summed E-state index contributed by atoms with van der Waals surface area (Å²) >= 11 is 6.81. The molecule has 0 aliphatic carbocycles. The van der Waals surface area contributed by atoms with Gasteiger partial charge in [0.25, 0.3) is 0 Å². The van der Waals surface area contributed by atoms with Crippen LogP contribution in [-0.2, 0) is 6.54 Å². The van der Waals surface area contributed by atoms with E-state index < -0.39 is 0 Å². The first-order valence-electron chi connectivity index (χ1n) is 6.78. The molecule has 1 atom stereocenters. The predicted octanol–water partition coefficient (Wildman–Crippen LogP) is 5.68. The topological polar surface area (TPSA) is 25.2 Å². The van der Waals surface area contributed by atoms with Gasteiger partial charge in [-0.25, -0.2) is 0 Å². The lowest BCUT2D eigenvalue weighted by Gasteiger charge is -2.20. The summed E-state index contributed by atoms with van der Waals surface area (Å²) in [6.45, 7) is 5.21. The molecule has 0 spiro atoms. The van der Waals surface area contributed by atoms with Crippen LogP contribution in [-0.4, -0.2) is 0 Å². The Kier molecular flexibility index (Phi) is 5.87. The highest BCUT2D eigenvalue weighted by Gasteiger charge is 2.14. The number of hydrogen-bond acceptors (Lipinski definition) is 2. The van der Waals surface area contributed by atoms with Crippen LogP contribution >= 0.6 is 31.9 Å². The van der Waals surface area contributed by atoms with Gasteiger partial charge in [-0.1, -0.05) is 44.2 Å². The van der Waals surface area contributed by atoms with E-state index in [9.17, 15) is 0 Å². The van der Waals surface area contributed by atoms with Crippen molar-refractivity contribution < 1.29 is 4.42 Å². The van der Waals surface area contributed by atoms with Crippen molar-refractivity contribution >= 4 is 31.9 Å². The molecule has 4 heteroatoms. The van der Waals surface area contributed by atoms with Crippen molar-refractivity contribution in [1.29, 1.82) is 0 Å². The fraction of sp³-hybridized carbons (Fsp3) is 0.375. The first-order chi connectivity index (χ1) is 9.56. The van der Waals surface area contributed by atoms with E-state index in [-0.39, 0.29) is 0 Å². The molecule has 1 aromatic carbocycles. The number of hydrogen-bond donors (Lipinski definition) is 1. The van der Waals surface area contributed by atoms with Gasteiger partial charge in [-0.05, 0) is 55.8 Å². The first-order valence-corrected chi connectivity index (χ1v) is 8.37. The smallest absolute Gasteiger partial charge is 0.183 e. The van der Waals surface area contributed by atoms with E-state index in [0.717, 1.165) is 27.9 Å². The van der Waals surface area contributed by atoms with Gasteiger partial charge in [0, 0.05) is 6.04 Å². The lowest BCUT2D eigenvalue weighted by molar-refractivity contribution is 0.395.